The Morgan fingerprint density at radius 2 is 1.70 bits per heavy atom. The van der Waals surface area contributed by atoms with Gasteiger partial charge in [-0.15, -0.1) is 0 Å². The van der Waals surface area contributed by atoms with E-state index in [1.807, 2.05) is 48.7 Å². The Morgan fingerprint density at radius 1 is 1.00 bits per heavy atom. The number of hydrogen-bond donors (Lipinski definition) is 0. The van der Waals surface area contributed by atoms with Gasteiger partial charge in [-0.2, -0.15) is 4.98 Å². The lowest BCUT2D eigenvalue weighted by Crippen LogP contribution is -2.19. The standard InChI is InChI=1S/C29H26F2N4O2/c1-29(2,19-8-6-5-7-9-19)28-32-27(33-37-28)22-17-35(16-18-10-12-20(30)13-11-18)24-15-25(34(3)4)23(31)14-21(24)26(22)36/h5-15,17H,16H2,1-4H3. The van der Waals surface area contributed by atoms with Crippen LogP contribution in [0.15, 0.2) is 82.2 Å². The Hall–Kier alpha value is -4.33. The first kappa shape index (κ1) is 24.4. The Kier molecular flexibility index (Phi) is 6.11. The van der Waals surface area contributed by atoms with Gasteiger partial charge in [0.05, 0.1) is 22.2 Å². The van der Waals surface area contributed by atoms with Crippen LogP contribution in [-0.2, 0) is 12.0 Å². The lowest BCUT2D eigenvalue weighted by molar-refractivity contribution is 0.333. The average molecular weight is 501 g/mol. The number of aromatic nitrogens is 3. The second kappa shape index (κ2) is 9.28. The Balaban J connectivity index is 1.68. The van der Waals surface area contributed by atoms with Crippen molar-refractivity contribution in [3.63, 3.8) is 0 Å². The number of benzene rings is 3. The zero-order valence-electron chi connectivity index (χ0n) is 21.0. The predicted molar refractivity (Wildman–Crippen MR) is 140 cm³/mol. The SMILES string of the molecule is CN(C)c1cc2c(cc1F)c(=O)c(-c1noc(C(C)(C)c3ccccc3)n1)cn2Cc1ccc(F)cc1. The van der Waals surface area contributed by atoms with Gasteiger partial charge in [0.15, 0.2) is 0 Å². The summed E-state index contributed by atoms with van der Waals surface area (Å²) in [5.41, 5.74) is 1.87. The molecule has 0 saturated heterocycles. The minimum absolute atomic E-state index is 0.121. The molecule has 8 heteroatoms. The molecule has 0 aliphatic heterocycles. The van der Waals surface area contributed by atoms with Crippen molar-refractivity contribution >= 4 is 16.6 Å². The number of halogens is 2. The molecule has 0 N–H and O–H groups in total. The fourth-order valence-corrected chi connectivity index (χ4v) is 4.38. The van der Waals surface area contributed by atoms with Gasteiger partial charge in [-0.25, -0.2) is 8.78 Å². The van der Waals surface area contributed by atoms with Crippen LogP contribution in [0.1, 0.15) is 30.9 Å². The molecule has 0 unspecified atom stereocenters. The predicted octanol–water partition coefficient (Wildman–Crippen LogP) is 5.77. The number of rotatable bonds is 6. The third-order valence-electron chi connectivity index (χ3n) is 6.59. The number of anilines is 1. The fraction of sp³-hybridized carbons (Fsp3) is 0.207. The molecule has 0 fully saturated rings. The first-order valence-corrected chi connectivity index (χ1v) is 11.8. The van der Waals surface area contributed by atoms with Crippen LogP contribution in [0.3, 0.4) is 0 Å². The topological polar surface area (TPSA) is 64.2 Å². The van der Waals surface area contributed by atoms with Gasteiger partial charge in [-0.05, 0) is 49.2 Å². The number of pyridine rings is 1. The summed E-state index contributed by atoms with van der Waals surface area (Å²) in [7, 11) is 3.47. The zero-order valence-corrected chi connectivity index (χ0v) is 21.0. The molecule has 0 aliphatic rings. The zero-order chi connectivity index (χ0) is 26.3. The Labute approximate surface area is 212 Å². The molecular formula is C29H26F2N4O2. The molecule has 5 aromatic rings. The maximum atomic E-state index is 15.0. The monoisotopic (exact) mass is 500 g/mol. The molecule has 0 saturated carbocycles. The van der Waals surface area contributed by atoms with E-state index >= 15 is 0 Å². The van der Waals surface area contributed by atoms with Crippen LogP contribution in [0.4, 0.5) is 14.5 Å². The van der Waals surface area contributed by atoms with Crippen LogP contribution in [-0.4, -0.2) is 28.8 Å². The first-order valence-electron chi connectivity index (χ1n) is 11.8. The Bertz CT molecular complexity index is 1640. The van der Waals surface area contributed by atoms with Crippen LogP contribution in [0.25, 0.3) is 22.3 Å². The van der Waals surface area contributed by atoms with E-state index in [9.17, 15) is 13.6 Å². The van der Waals surface area contributed by atoms with Gasteiger partial charge in [0.2, 0.25) is 17.1 Å². The lowest BCUT2D eigenvalue weighted by atomic mass is 9.84. The average Bonchev–Trinajstić information content (AvgIpc) is 3.38. The molecule has 0 spiro atoms. The van der Waals surface area contributed by atoms with E-state index in [-0.39, 0.29) is 22.6 Å². The molecule has 37 heavy (non-hydrogen) atoms. The fourth-order valence-electron chi connectivity index (χ4n) is 4.38. The largest absolute Gasteiger partial charge is 0.375 e. The van der Waals surface area contributed by atoms with Crippen LogP contribution in [0.2, 0.25) is 0 Å². The van der Waals surface area contributed by atoms with Gasteiger partial charge >= 0.3 is 0 Å². The summed E-state index contributed by atoms with van der Waals surface area (Å²) < 4.78 is 35.9. The Morgan fingerprint density at radius 3 is 2.38 bits per heavy atom. The highest BCUT2D eigenvalue weighted by Gasteiger charge is 2.30. The highest BCUT2D eigenvalue weighted by atomic mass is 19.1. The van der Waals surface area contributed by atoms with Gasteiger partial charge < -0.3 is 14.0 Å². The van der Waals surface area contributed by atoms with E-state index in [0.29, 0.717) is 23.6 Å². The van der Waals surface area contributed by atoms with Crippen molar-refractivity contribution in [3.8, 4) is 11.4 Å². The summed E-state index contributed by atoms with van der Waals surface area (Å²) in [6.45, 7) is 4.25. The molecule has 5 rings (SSSR count). The van der Waals surface area contributed by atoms with Crippen molar-refractivity contribution in [1.29, 1.82) is 0 Å². The van der Waals surface area contributed by atoms with Gasteiger partial charge in [0.1, 0.15) is 11.6 Å². The molecule has 3 aromatic carbocycles. The summed E-state index contributed by atoms with van der Waals surface area (Å²) in [6, 6.07) is 18.7. The van der Waals surface area contributed by atoms with Crippen LogP contribution >= 0.6 is 0 Å². The number of hydrogen-bond acceptors (Lipinski definition) is 5. The molecule has 2 aromatic heterocycles. The van der Waals surface area contributed by atoms with Gasteiger partial charge in [0, 0.05) is 32.2 Å². The first-order chi connectivity index (χ1) is 17.6. The van der Waals surface area contributed by atoms with Gasteiger partial charge in [-0.3, -0.25) is 4.79 Å². The molecule has 0 aliphatic carbocycles. The van der Waals surface area contributed by atoms with E-state index in [1.54, 1.807) is 43.4 Å². The molecule has 2 heterocycles. The summed E-state index contributed by atoms with van der Waals surface area (Å²) in [5, 5.41) is 4.31. The van der Waals surface area contributed by atoms with Crippen molar-refractivity contribution in [2.24, 2.45) is 0 Å². The maximum Gasteiger partial charge on any atom is 0.237 e. The highest BCUT2D eigenvalue weighted by molar-refractivity contribution is 5.86. The molecule has 6 nitrogen and oxygen atoms in total. The molecule has 0 amide bonds. The summed E-state index contributed by atoms with van der Waals surface area (Å²) in [4.78, 5) is 19.8. The third-order valence-corrected chi connectivity index (χ3v) is 6.59. The second-order valence-electron chi connectivity index (χ2n) is 9.76. The van der Waals surface area contributed by atoms with E-state index in [4.69, 9.17) is 4.52 Å². The molecule has 0 radical (unpaired) electrons. The van der Waals surface area contributed by atoms with Crippen molar-refractivity contribution < 1.29 is 13.3 Å². The number of nitrogens with zero attached hydrogens (tertiary/aromatic N) is 4. The summed E-state index contributed by atoms with van der Waals surface area (Å²) >= 11 is 0. The highest BCUT2D eigenvalue weighted by Crippen LogP contribution is 2.32. The minimum Gasteiger partial charge on any atom is -0.375 e. The van der Waals surface area contributed by atoms with E-state index in [2.05, 4.69) is 10.1 Å². The third kappa shape index (κ3) is 4.50. The van der Waals surface area contributed by atoms with Crippen molar-refractivity contribution in [2.45, 2.75) is 25.8 Å². The summed E-state index contributed by atoms with van der Waals surface area (Å²) in [5.74, 6) is -0.381. The van der Waals surface area contributed by atoms with Crippen LogP contribution in [0.5, 0.6) is 0 Å². The lowest BCUT2D eigenvalue weighted by Gasteiger charge is -2.20. The summed E-state index contributed by atoms with van der Waals surface area (Å²) in [6.07, 6.45) is 1.65. The second-order valence-corrected chi connectivity index (χ2v) is 9.76. The van der Waals surface area contributed by atoms with E-state index < -0.39 is 16.7 Å². The van der Waals surface area contributed by atoms with E-state index in [1.165, 1.54) is 18.2 Å². The van der Waals surface area contributed by atoms with Crippen molar-refractivity contribution in [2.75, 3.05) is 19.0 Å². The van der Waals surface area contributed by atoms with Crippen molar-refractivity contribution in [3.05, 3.63) is 112 Å². The molecule has 0 atom stereocenters. The smallest absolute Gasteiger partial charge is 0.237 e. The van der Waals surface area contributed by atoms with E-state index in [0.717, 1.165) is 11.1 Å². The van der Waals surface area contributed by atoms with Crippen LogP contribution < -0.4 is 10.3 Å². The molecular weight excluding hydrogens is 474 g/mol. The van der Waals surface area contributed by atoms with Crippen molar-refractivity contribution in [1.82, 2.24) is 14.7 Å². The van der Waals surface area contributed by atoms with Crippen LogP contribution in [0, 0.1) is 11.6 Å². The van der Waals surface area contributed by atoms with Gasteiger partial charge in [0.25, 0.3) is 0 Å². The quantitative estimate of drug-likeness (QED) is 0.296. The molecule has 0 bridgehead atoms. The maximum absolute atomic E-state index is 15.0. The number of fused-ring (bicyclic) bond motifs is 1. The van der Waals surface area contributed by atoms with Gasteiger partial charge in [-0.1, -0.05) is 47.6 Å². The normalized spacial score (nSPS) is 11.7. The minimum atomic E-state index is -0.594. The molecule has 188 valence electrons.